The molecule has 0 spiro atoms. The van der Waals surface area contributed by atoms with E-state index in [2.05, 4.69) is 10.4 Å². The summed E-state index contributed by atoms with van der Waals surface area (Å²) in [6.07, 6.45) is 0. The number of sulfone groups is 1. The molecule has 8 heteroatoms. The van der Waals surface area contributed by atoms with Crippen LogP contribution in [0.2, 0.25) is 5.02 Å². The number of amides is 1. The lowest BCUT2D eigenvalue weighted by Crippen LogP contribution is -2.16. The standard InChI is InChI=1S/C18H14ClN3O3S/c19-13-8-6-12(7-9-13)18(23)20-17-15-10-26(24,25)11-16(15)21-22(17)14-4-2-1-3-5-14/h1-9H,10-11H2,(H,20,23). The summed E-state index contributed by atoms with van der Waals surface area (Å²) in [4.78, 5) is 12.6. The minimum absolute atomic E-state index is 0.119. The molecule has 0 saturated carbocycles. The molecular weight excluding hydrogens is 374 g/mol. The summed E-state index contributed by atoms with van der Waals surface area (Å²) in [5.41, 5.74) is 2.17. The number of aromatic nitrogens is 2. The molecule has 2 heterocycles. The Morgan fingerprint density at radius 2 is 1.73 bits per heavy atom. The molecule has 1 aliphatic rings. The van der Waals surface area contributed by atoms with E-state index < -0.39 is 9.84 Å². The van der Waals surface area contributed by atoms with E-state index in [1.54, 1.807) is 28.9 Å². The second-order valence-electron chi connectivity index (χ2n) is 6.01. The Kier molecular flexibility index (Phi) is 4.05. The molecule has 26 heavy (non-hydrogen) atoms. The molecule has 0 bridgehead atoms. The zero-order valence-corrected chi connectivity index (χ0v) is 15.1. The molecule has 0 saturated heterocycles. The summed E-state index contributed by atoms with van der Waals surface area (Å²) < 4.78 is 25.5. The van der Waals surface area contributed by atoms with Crippen LogP contribution in [0.3, 0.4) is 0 Å². The first kappa shape index (κ1) is 16.8. The van der Waals surface area contributed by atoms with E-state index in [0.29, 0.717) is 27.7 Å². The number of halogens is 1. The quantitative estimate of drug-likeness (QED) is 0.748. The van der Waals surface area contributed by atoms with E-state index in [9.17, 15) is 13.2 Å². The zero-order chi connectivity index (χ0) is 18.3. The molecule has 1 amide bonds. The van der Waals surface area contributed by atoms with Gasteiger partial charge in [-0.3, -0.25) is 4.79 Å². The SMILES string of the molecule is O=C(Nc1c2c(nn1-c1ccccc1)CS(=O)(=O)C2)c1ccc(Cl)cc1. The Labute approximate surface area is 155 Å². The Balaban J connectivity index is 1.76. The van der Waals surface area contributed by atoms with Crippen molar-refractivity contribution in [2.75, 3.05) is 5.32 Å². The molecule has 4 rings (SSSR count). The lowest BCUT2D eigenvalue weighted by Gasteiger charge is -2.11. The van der Waals surface area contributed by atoms with Gasteiger partial charge in [0.25, 0.3) is 5.91 Å². The van der Waals surface area contributed by atoms with Crippen LogP contribution in [-0.4, -0.2) is 24.1 Å². The van der Waals surface area contributed by atoms with Crippen LogP contribution in [0, 0.1) is 0 Å². The number of fused-ring (bicyclic) bond motifs is 1. The number of hydrogen-bond donors (Lipinski definition) is 1. The highest BCUT2D eigenvalue weighted by atomic mass is 35.5. The number of rotatable bonds is 3. The smallest absolute Gasteiger partial charge is 0.256 e. The van der Waals surface area contributed by atoms with Crippen LogP contribution >= 0.6 is 11.6 Å². The summed E-state index contributed by atoms with van der Waals surface area (Å²) in [5, 5.41) is 7.77. The maximum Gasteiger partial charge on any atom is 0.256 e. The summed E-state index contributed by atoms with van der Waals surface area (Å²) in [6.45, 7) is 0. The Bertz CT molecular complexity index is 1090. The van der Waals surface area contributed by atoms with Crippen molar-refractivity contribution < 1.29 is 13.2 Å². The van der Waals surface area contributed by atoms with Gasteiger partial charge < -0.3 is 5.32 Å². The van der Waals surface area contributed by atoms with Crippen LogP contribution in [0.1, 0.15) is 21.6 Å². The molecule has 0 fully saturated rings. The largest absolute Gasteiger partial charge is 0.306 e. The first-order valence-corrected chi connectivity index (χ1v) is 10.1. The van der Waals surface area contributed by atoms with Crippen LogP contribution < -0.4 is 5.32 Å². The highest BCUT2D eigenvalue weighted by molar-refractivity contribution is 7.90. The Morgan fingerprint density at radius 3 is 2.42 bits per heavy atom. The van der Waals surface area contributed by atoms with E-state index in [-0.39, 0.29) is 17.4 Å². The van der Waals surface area contributed by atoms with Crippen LogP contribution in [0.4, 0.5) is 5.82 Å². The third kappa shape index (κ3) is 3.11. The van der Waals surface area contributed by atoms with Crippen molar-refractivity contribution in [3.63, 3.8) is 0 Å². The number of benzene rings is 2. The summed E-state index contributed by atoms with van der Waals surface area (Å²) in [5.74, 6) is -0.227. The van der Waals surface area contributed by atoms with Gasteiger partial charge in [-0.15, -0.1) is 0 Å². The van der Waals surface area contributed by atoms with Crippen LogP contribution in [0.25, 0.3) is 5.69 Å². The zero-order valence-electron chi connectivity index (χ0n) is 13.5. The van der Waals surface area contributed by atoms with Gasteiger partial charge in [0.05, 0.1) is 22.9 Å². The van der Waals surface area contributed by atoms with Crippen LogP contribution in [0.15, 0.2) is 54.6 Å². The van der Waals surface area contributed by atoms with Gasteiger partial charge >= 0.3 is 0 Å². The predicted molar refractivity (Wildman–Crippen MR) is 99.3 cm³/mol. The lowest BCUT2D eigenvalue weighted by atomic mass is 10.2. The van der Waals surface area contributed by atoms with Gasteiger partial charge in [-0.25, -0.2) is 13.1 Å². The van der Waals surface area contributed by atoms with Crippen molar-refractivity contribution >= 4 is 33.2 Å². The first-order chi connectivity index (χ1) is 12.4. The fraction of sp³-hybridized carbons (Fsp3) is 0.111. The minimum atomic E-state index is -3.23. The summed E-state index contributed by atoms with van der Waals surface area (Å²) >= 11 is 5.86. The second kappa shape index (κ2) is 6.26. The molecule has 1 aliphatic heterocycles. The third-order valence-electron chi connectivity index (χ3n) is 4.13. The fourth-order valence-corrected chi connectivity index (χ4v) is 4.53. The van der Waals surface area contributed by atoms with Crippen molar-refractivity contribution in [1.29, 1.82) is 0 Å². The molecule has 0 aliphatic carbocycles. The van der Waals surface area contributed by atoms with E-state index in [0.717, 1.165) is 5.69 Å². The molecule has 132 valence electrons. The van der Waals surface area contributed by atoms with E-state index in [1.165, 1.54) is 0 Å². The van der Waals surface area contributed by atoms with E-state index >= 15 is 0 Å². The van der Waals surface area contributed by atoms with E-state index in [4.69, 9.17) is 11.6 Å². The number of anilines is 1. The summed E-state index contributed by atoms with van der Waals surface area (Å²) in [6, 6.07) is 15.7. The van der Waals surface area contributed by atoms with Gasteiger partial charge in [0.2, 0.25) is 0 Å². The molecule has 3 aromatic rings. The molecule has 6 nitrogen and oxygen atoms in total. The Hall–Kier alpha value is -2.64. The summed E-state index contributed by atoms with van der Waals surface area (Å²) in [7, 11) is -3.23. The third-order valence-corrected chi connectivity index (χ3v) is 5.82. The van der Waals surface area contributed by atoms with Gasteiger partial charge in [0.1, 0.15) is 5.82 Å². The Morgan fingerprint density at radius 1 is 1.04 bits per heavy atom. The van der Waals surface area contributed by atoms with Crippen molar-refractivity contribution in [1.82, 2.24) is 9.78 Å². The van der Waals surface area contributed by atoms with Gasteiger partial charge in [-0.05, 0) is 36.4 Å². The molecule has 0 unspecified atom stereocenters. The van der Waals surface area contributed by atoms with Gasteiger partial charge in [-0.2, -0.15) is 5.10 Å². The van der Waals surface area contributed by atoms with Gasteiger partial charge in [-0.1, -0.05) is 29.8 Å². The number of nitrogens with one attached hydrogen (secondary N) is 1. The van der Waals surface area contributed by atoms with Crippen LogP contribution in [-0.2, 0) is 21.3 Å². The lowest BCUT2D eigenvalue weighted by molar-refractivity contribution is 0.102. The number of hydrogen-bond acceptors (Lipinski definition) is 4. The van der Waals surface area contributed by atoms with Gasteiger partial charge in [0.15, 0.2) is 9.84 Å². The molecular formula is C18H14ClN3O3S. The number of carbonyl (C=O) groups excluding carboxylic acids is 1. The minimum Gasteiger partial charge on any atom is -0.306 e. The average molecular weight is 388 g/mol. The molecule has 0 atom stereocenters. The second-order valence-corrected chi connectivity index (χ2v) is 8.52. The van der Waals surface area contributed by atoms with Crippen molar-refractivity contribution in [3.05, 3.63) is 76.4 Å². The first-order valence-electron chi connectivity index (χ1n) is 7.86. The van der Waals surface area contributed by atoms with Crippen molar-refractivity contribution in [3.8, 4) is 5.69 Å². The number of carbonyl (C=O) groups is 1. The fourth-order valence-electron chi connectivity index (χ4n) is 2.91. The molecule has 1 aromatic heterocycles. The topological polar surface area (TPSA) is 81.1 Å². The number of para-hydroxylation sites is 1. The van der Waals surface area contributed by atoms with E-state index in [1.807, 2.05) is 30.3 Å². The normalized spacial score (nSPS) is 14.8. The number of nitrogens with zero attached hydrogens (tertiary/aromatic N) is 2. The maximum absolute atomic E-state index is 12.6. The highest BCUT2D eigenvalue weighted by Gasteiger charge is 2.33. The van der Waals surface area contributed by atoms with Crippen LogP contribution in [0.5, 0.6) is 0 Å². The van der Waals surface area contributed by atoms with Gasteiger partial charge in [0, 0.05) is 16.1 Å². The molecule has 1 N–H and O–H groups in total. The predicted octanol–water partition coefficient (Wildman–Crippen LogP) is 3.21. The monoisotopic (exact) mass is 387 g/mol. The highest BCUT2D eigenvalue weighted by Crippen LogP contribution is 2.33. The molecule has 2 aromatic carbocycles. The molecule has 0 radical (unpaired) electrons. The van der Waals surface area contributed by atoms with Crippen molar-refractivity contribution in [2.45, 2.75) is 11.5 Å². The maximum atomic E-state index is 12.6. The van der Waals surface area contributed by atoms with Crippen molar-refractivity contribution in [2.24, 2.45) is 0 Å². The average Bonchev–Trinajstić information content (AvgIpc) is 3.09.